The molecule has 1 aliphatic rings. The van der Waals surface area contributed by atoms with Crippen molar-refractivity contribution in [3.8, 4) is 6.07 Å². The Morgan fingerprint density at radius 1 is 1.11 bits per heavy atom. The summed E-state index contributed by atoms with van der Waals surface area (Å²) in [7, 11) is 0. The highest BCUT2D eigenvalue weighted by Crippen LogP contribution is 2.19. The van der Waals surface area contributed by atoms with Crippen LogP contribution in [0.3, 0.4) is 0 Å². The predicted molar refractivity (Wildman–Crippen MR) is 99.4 cm³/mol. The molecule has 0 atom stereocenters. The SMILES string of the molecule is CC(=O)N1CCN(C(=O)c2cc(C)nc(Nc3ccccc3C#N)n2)CC1. The van der Waals surface area contributed by atoms with Gasteiger partial charge in [-0.15, -0.1) is 0 Å². The number of rotatable bonds is 3. The van der Waals surface area contributed by atoms with Gasteiger partial charge in [0.1, 0.15) is 11.8 Å². The molecule has 1 saturated heterocycles. The van der Waals surface area contributed by atoms with Crippen LogP contribution in [-0.4, -0.2) is 57.8 Å². The molecule has 2 aromatic rings. The maximum absolute atomic E-state index is 12.8. The largest absolute Gasteiger partial charge is 0.339 e. The van der Waals surface area contributed by atoms with E-state index < -0.39 is 0 Å². The van der Waals surface area contributed by atoms with Gasteiger partial charge in [-0.3, -0.25) is 9.59 Å². The quantitative estimate of drug-likeness (QED) is 0.889. The van der Waals surface area contributed by atoms with Crippen LogP contribution >= 0.6 is 0 Å². The fourth-order valence-electron chi connectivity index (χ4n) is 2.93. The summed E-state index contributed by atoms with van der Waals surface area (Å²) in [6.07, 6.45) is 0. The summed E-state index contributed by atoms with van der Waals surface area (Å²) in [5.74, 6) is 0.0892. The molecule has 1 N–H and O–H groups in total. The Labute approximate surface area is 157 Å². The molecule has 138 valence electrons. The maximum atomic E-state index is 12.8. The van der Waals surface area contributed by atoms with E-state index in [0.29, 0.717) is 43.1 Å². The van der Waals surface area contributed by atoms with Crippen LogP contribution in [0.5, 0.6) is 0 Å². The van der Waals surface area contributed by atoms with Crippen LogP contribution in [0.25, 0.3) is 0 Å². The van der Waals surface area contributed by atoms with E-state index in [4.69, 9.17) is 0 Å². The van der Waals surface area contributed by atoms with Gasteiger partial charge in [-0.1, -0.05) is 12.1 Å². The second-order valence-electron chi connectivity index (χ2n) is 6.30. The number of benzene rings is 1. The topological polar surface area (TPSA) is 102 Å². The van der Waals surface area contributed by atoms with Crippen molar-refractivity contribution >= 4 is 23.5 Å². The Balaban J connectivity index is 1.78. The van der Waals surface area contributed by atoms with Crippen LogP contribution in [0, 0.1) is 18.3 Å². The molecule has 27 heavy (non-hydrogen) atoms. The average molecular weight is 364 g/mol. The van der Waals surface area contributed by atoms with Crippen molar-refractivity contribution in [2.24, 2.45) is 0 Å². The molecule has 2 heterocycles. The fraction of sp³-hybridized carbons (Fsp3) is 0.316. The molecule has 0 radical (unpaired) electrons. The van der Waals surface area contributed by atoms with Crippen molar-refractivity contribution in [3.05, 3.63) is 47.3 Å². The van der Waals surface area contributed by atoms with Crippen molar-refractivity contribution in [2.75, 3.05) is 31.5 Å². The molecule has 1 fully saturated rings. The Kier molecular flexibility index (Phi) is 5.31. The first kappa shape index (κ1) is 18.3. The van der Waals surface area contributed by atoms with E-state index in [-0.39, 0.29) is 23.5 Å². The van der Waals surface area contributed by atoms with Gasteiger partial charge in [-0.05, 0) is 25.1 Å². The number of carbonyl (C=O) groups excluding carboxylic acids is 2. The number of para-hydroxylation sites is 1. The molecular formula is C19H20N6O2. The van der Waals surface area contributed by atoms with Gasteiger partial charge in [0.25, 0.3) is 5.91 Å². The minimum absolute atomic E-state index is 0.0163. The van der Waals surface area contributed by atoms with Gasteiger partial charge in [0.15, 0.2) is 0 Å². The van der Waals surface area contributed by atoms with E-state index in [2.05, 4.69) is 21.4 Å². The van der Waals surface area contributed by atoms with Gasteiger partial charge in [-0.25, -0.2) is 9.97 Å². The van der Waals surface area contributed by atoms with E-state index in [0.717, 1.165) is 0 Å². The molecular weight excluding hydrogens is 344 g/mol. The molecule has 1 aromatic heterocycles. The Morgan fingerprint density at radius 3 is 2.44 bits per heavy atom. The number of amides is 2. The molecule has 0 unspecified atom stereocenters. The summed E-state index contributed by atoms with van der Waals surface area (Å²) in [5.41, 5.74) is 1.98. The van der Waals surface area contributed by atoms with Crippen LogP contribution in [0.1, 0.15) is 28.7 Å². The zero-order valence-electron chi connectivity index (χ0n) is 15.3. The first-order valence-electron chi connectivity index (χ1n) is 8.64. The van der Waals surface area contributed by atoms with E-state index in [1.165, 1.54) is 6.92 Å². The van der Waals surface area contributed by atoms with Gasteiger partial charge in [0, 0.05) is 38.8 Å². The molecule has 1 aliphatic heterocycles. The number of aryl methyl sites for hydroxylation is 1. The van der Waals surface area contributed by atoms with Crippen LogP contribution in [0.2, 0.25) is 0 Å². The van der Waals surface area contributed by atoms with E-state index in [1.807, 2.05) is 0 Å². The van der Waals surface area contributed by atoms with Crippen molar-refractivity contribution in [1.82, 2.24) is 19.8 Å². The first-order valence-corrected chi connectivity index (χ1v) is 8.64. The molecule has 0 saturated carbocycles. The standard InChI is InChI=1S/C19H20N6O2/c1-13-11-17(18(27)25-9-7-24(8-10-25)14(2)26)23-19(21-13)22-16-6-4-3-5-15(16)12-20/h3-6,11H,7-10H2,1-2H3,(H,21,22,23). The molecule has 0 bridgehead atoms. The van der Waals surface area contributed by atoms with E-state index in [9.17, 15) is 14.9 Å². The van der Waals surface area contributed by atoms with Crippen LogP contribution in [0.15, 0.2) is 30.3 Å². The smallest absolute Gasteiger partial charge is 0.272 e. The van der Waals surface area contributed by atoms with Gasteiger partial charge in [-0.2, -0.15) is 5.26 Å². The third kappa shape index (κ3) is 4.20. The maximum Gasteiger partial charge on any atom is 0.272 e. The van der Waals surface area contributed by atoms with Crippen LogP contribution in [-0.2, 0) is 4.79 Å². The molecule has 0 spiro atoms. The third-order valence-electron chi connectivity index (χ3n) is 4.38. The Bertz CT molecular complexity index is 913. The highest BCUT2D eigenvalue weighted by Gasteiger charge is 2.24. The molecule has 0 aliphatic carbocycles. The summed E-state index contributed by atoms with van der Waals surface area (Å²) in [6, 6.07) is 10.8. The van der Waals surface area contributed by atoms with Crippen molar-refractivity contribution in [1.29, 1.82) is 5.26 Å². The lowest BCUT2D eigenvalue weighted by atomic mass is 10.2. The van der Waals surface area contributed by atoms with Crippen molar-refractivity contribution < 1.29 is 9.59 Å². The average Bonchev–Trinajstić information content (AvgIpc) is 2.67. The number of hydrogen-bond acceptors (Lipinski definition) is 6. The predicted octanol–water partition coefficient (Wildman–Crippen LogP) is 1.70. The highest BCUT2D eigenvalue weighted by atomic mass is 16.2. The summed E-state index contributed by atoms with van der Waals surface area (Å²) in [6.45, 7) is 5.30. The number of carbonyl (C=O) groups is 2. The molecule has 2 amide bonds. The van der Waals surface area contributed by atoms with Crippen LogP contribution < -0.4 is 5.32 Å². The minimum atomic E-state index is -0.194. The molecule has 8 heteroatoms. The number of piperazine rings is 1. The first-order chi connectivity index (χ1) is 13.0. The van der Waals surface area contributed by atoms with Crippen molar-refractivity contribution in [3.63, 3.8) is 0 Å². The lowest BCUT2D eigenvalue weighted by Crippen LogP contribution is -2.50. The lowest BCUT2D eigenvalue weighted by molar-refractivity contribution is -0.130. The summed E-state index contributed by atoms with van der Waals surface area (Å²) in [5, 5.41) is 12.2. The molecule has 8 nitrogen and oxygen atoms in total. The molecule has 1 aromatic carbocycles. The summed E-state index contributed by atoms with van der Waals surface area (Å²) < 4.78 is 0. The van der Waals surface area contributed by atoms with Gasteiger partial charge >= 0.3 is 0 Å². The normalized spacial score (nSPS) is 13.8. The van der Waals surface area contributed by atoms with Gasteiger partial charge in [0.05, 0.1) is 11.3 Å². The van der Waals surface area contributed by atoms with Gasteiger partial charge < -0.3 is 15.1 Å². The Hall–Kier alpha value is -3.47. The number of aromatic nitrogens is 2. The number of nitrogens with one attached hydrogen (secondary N) is 1. The van der Waals surface area contributed by atoms with Gasteiger partial charge in [0.2, 0.25) is 11.9 Å². The van der Waals surface area contributed by atoms with Crippen LogP contribution in [0.4, 0.5) is 11.6 Å². The number of hydrogen-bond donors (Lipinski definition) is 1. The fourth-order valence-corrected chi connectivity index (χ4v) is 2.93. The Morgan fingerprint density at radius 2 is 1.78 bits per heavy atom. The second kappa shape index (κ2) is 7.83. The lowest BCUT2D eigenvalue weighted by Gasteiger charge is -2.34. The van der Waals surface area contributed by atoms with E-state index >= 15 is 0 Å². The summed E-state index contributed by atoms with van der Waals surface area (Å²) in [4.78, 5) is 36.3. The van der Waals surface area contributed by atoms with E-state index in [1.54, 1.807) is 47.1 Å². The number of nitrogens with zero attached hydrogens (tertiary/aromatic N) is 5. The highest BCUT2D eigenvalue weighted by molar-refractivity contribution is 5.93. The minimum Gasteiger partial charge on any atom is -0.339 e. The van der Waals surface area contributed by atoms with Crippen molar-refractivity contribution in [2.45, 2.75) is 13.8 Å². The monoisotopic (exact) mass is 364 g/mol. The second-order valence-corrected chi connectivity index (χ2v) is 6.30. The zero-order chi connectivity index (χ0) is 19.4. The number of nitriles is 1. The number of anilines is 2. The summed E-state index contributed by atoms with van der Waals surface area (Å²) >= 11 is 0. The molecule has 3 rings (SSSR count). The zero-order valence-corrected chi connectivity index (χ0v) is 15.3. The third-order valence-corrected chi connectivity index (χ3v) is 4.38.